The van der Waals surface area contributed by atoms with Gasteiger partial charge in [-0.3, -0.25) is 10.1 Å². The first kappa shape index (κ1) is 15.2. The van der Waals surface area contributed by atoms with Gasteiger partial charge in [0.2, 0.25) is 0 Å². The van der Waals surface area contributed by atoms with Gasteiger partial charge >= 0.3 is 5.69 Å². The lowest BCUT2D eigenvalue weighted by atomic mass is 10.1. The average Bonchev–Trinajstić information content (AvgIpc) is 2.84. The van der Waals surface area contributed by atoms with E-state index in [4.69, 9.17) is 0 Å². The molecule has 6 nitrogen and oxygen atoms in total. The Kier molecular flexibility index (Phi) is 4.62. The van der Waals surface area contributed by atoms with Gasteiger partial charge < -0.3 is 14.9 Å². The number of hydrogen-bond donors (Lipinski definition) is 1. The van der Waals surface area contributed by atoms with Gasteiger partial charge in [-0.15, -0.1) is 11.3 Å². The largest absolute Gasteiger partial charge is 0.388 e. The van der Waals surface area contributed by atoms with Gasteiger partial charge in [0.15, 0.2) is 5.00 Å². The first-order chi connectivity index (χ1) is 9.40. The standard InChI is InChI=1S/C13H21N3O3S/c1-9(17)12-7-11(16(18)19)13(20-12)15-6-4-5-10(8-15)14(2)3/h7,9-10,17H,4-6,8H2,1-3H3. The maximum Gasteiger partial charge on any atom is 0.304 e. The highest BCUT2D eigenvalue weighted by Gasteiger charge is 2.29. The number of thiophene rings is 1. The van der Waals surface area contributed by atoms with Crippen molar-refractivity contribution in [1.82, 2.24) is 4.90 Å². The maximum atomic E-state index is 11.2. The molecule has 0 bridgehead atoms. The van der Waals surface area contributed by atoms with E-state index in [0.717, 1.165) is 25.9 Å². The fourth-order valence-electron chi connectivity index (χ4n) is 2.51. The van der Waals surface area contributed by atoms with Gasteiger partial charge in [-0.1, -0.05) is 0 Å². The van der Waals surface area contributed by atoms with Crippen LogP contribution in [0.4, 0.5) is 10.7 Å². The summed E-state index contributed by atoms with van der Waals surface area (Å²) in [7, 11) is 4.08. The molecular formula is C13H21N3O3S. The number of rotatable bonds is 4. The Morgan fingerprint density at radius 3 is 2.85 bits per heavy atom. The first-order valence-electron chi connectivity index (χ1n) is 6.77. The molecule has 1 aromatic heterocycles. The second kappa shape index (κ2) is 6.07. The van der Waals surface area contributed by atoms with Crippen molar-refractivity contribution in [3.63, 3.8) is 0 Å². The lowest BCUT2D eigenvalue weighted by molar-refractivity contribution is -0.383. The third-order valence-corrected chi connectivity index (χ3v) is 5.09. The normalized spacial score (nSPS) is 21.2. The minimum atomic E-state index is -0.665. The molecule has 2 rings (SSSR count). The van der Waals surface area contributed by atoms with Crippen LogP contribution < -0.4 is 4.90 Å². The molecule has 20 heavy (non-hydrogen) atoms. The summed E-state index contributed by atoms with van der Waals surface area (Å²) in [6.45, 7) is 3.27. The van der Waals surface area contributed by atoms with Crippen LogP contribution in [0, 0.1) is 10.1 Å². The summed E-state index contributed by atoms with van der Waals surface area (Å²) in [4.78, 5) is 15.8. The Bertz CT molecular complexity index is 487. The highest BCUT2D eigenvalue weighted by atomic mass is 32.1. The first-order valence-corrected chi connectivity index (χ1v) is 7.59. The van der Waals surface area contributed by atoms with Crippen LogP contribution in [-0.4, -0.2) is 48.2 Å². The Hall–Kier alpha value is -1.18. The lowest BCUT2D eigenvalue weighted by Gasteiger charge is -2.36. The maximum absolute atomic E-state index is 11.2. The average molecular weight is 299 g/mol. The molecule has 112 valence electrons. The minimum absolute atomic E-state index is 0.116. The molecule has 1 aromatic rings. The molecule has 2 heterocycles. The van der Waals surface area contributed by atoms with Crippen LogP contribution in [0.15, 0.2) is 6.07 Å². The Morgan fingerprint density at radius 2 is 2.30 bits per heavy atom. The SMILES string of the molecule is CC(O)c1cc([N+](=O)[O-])c(N2CCCC(N(C)C)C2)s1. The van der Waals surface area contributed by atoms with E-state index in [1.807, 2.05) is 14.1 Å². The Balaban J connectivity index is 2.28. The van der Waals surface area contributed by atoms with E-state index in [1.54, 1.807) is 6.92 Å². The summed E-state index contributed by atoms with van der Waals surface area (Å²) in [6, 6.07) is 1.92. The lowest BCUT2D eigenvalue weighted by Crippen LogP contribution is -2.45. The van der Waals surface area contributed by atoms with Gasteiger partial charge in [-0.2, -0.15) is 0 Å². The summed E-state index contributed by atoms with van der Waals surface area (Å²) in [5, 5.41) is 21.5. The molecule has 0 saturated carbocycles. The summed E-state index contributed by atoms with van der Waals surface area (Å²) in [5.41, 5.74) is 0.116. The molecule has 2 atom stereocenters. The van der Waals surface area contributed by atoms with E-state index >= 15 is 0 Å². The number of likely N-dealkylation sites (N-methyl/N-ethyl adjacent to an activating group) is 1. The highest BCUT2D eigenvalue weighted by Crippen LogP contribution is 2.41. The summed E-state index contributed by atoms with van der Waals surface area (Å²) < 4.78 is 0. The van der Waals surface area contributed by atoms with E-state index in [-0.39, 0.29) is 10.6 Å². The molecule has 1 fully saturated rings. The van der Waals surface area contributed by atoms with Gasteiger partial charge in [0, 0.05) is 30.1 Å². The van der Waals surface area contributed by atoms with Crippen LogP contribution in [-0.2, 0) is 0 Å². The number of hydrogen-bond acceptors (Lipinski definition) is 6. The van der Waals surface area contributed by atoms with Crippen molar-refractivity contribution in [3.8, 4) is 0 Å². The molecule has 0 spiro atoms. The molecule has 7 heteroatoms. The van der Waals surface area contributed by atoms with E-state index in [1.165, 1.54) is 17.4 Å². The molecule has 1 aliphatic heterocycles. The van der Waals surface area contributed by atoms with Gasteiger partial charge in [0.05, 0.1) is 11.0 Å². The third-order valence-electron chi connectivity index (χ3n) is 3.74. The number of aliphatic hydroxyl groups excluding tert-OH is 1. The number of nitro groups is 1. The smallest absolute Gasteiger partial charge is 0.304 e. The van der Waals surface area contributed by atoms with Gasteiger partial charge in [-0.25, -0.2) is 0 Å². The van der Waals surface area contributed by atoms with Crippen LogP contribution in [0.25, 0.3) is 0 Å². The van der Waals surface area contributed by atoms with Crippen molar-refractivity contribution >= 4 is 22.0 Å². The summed E-state index contributed by atoms with van der Waals surface area (Å²) in [6.07, 6.45) is 1.48. The molecule has 0 aliphatic carbocycles. The zero-order chi connectivity index (χ0) is 14.9. The Labute approximate surface area is 122 Å². The zero-order valence-electron chi connectivity index (χ0n) is 12.1. The molecular weight excluding hydrogens is 278 g/mol. The van der Waals surface area contributed by atoms with Crippen LogP contribution in [0.5, 0.6) is 0 Å². The van der Waals surface area contributed by atoms with Crippen LogP contribution >= 0.6 is 11.3 Å². The number of piperidine rings is 1. The second-order valence-electron chi connectivity index (χ2n) is 5.48. The number of nitrogens with zero attached hydrogens (tertiary/aromatic N) is 3. The molecule has 0 aromatic carbocycles. The topological polar surface area (TPSA) is 69.8 Å². The molecule has 2 unspecified atom stereocenters. The molecule has 0 amide bonds. The predicted molar refractivity (Wildman–Crippen MR) is 80.5 cm³/mol. The number of anilines is 1. The third kappa shape index (κ3) is 3.11. The van der Waals surface area contributed by atoms with Crippen molar-refractivity contribution in [2.45, 2.75) is 31.9 Å². The minimum Gasteiger partial charge on any atom is -0.388 e. The van der Waals surface area contributed by atoms with Gasteiger partial charge in [0.25, 0.3) is 0 Å². The van der Waals surface area contributed by atoms with Crippen molar-refractivity contribution in [2.24, 2.45) is 0 Å². The molecule has 1 aliphatic rings. The fraction of sp³-hybridized carbons (Fsp3) is 0.692. The zero-order valence-corrected chi connectivity index (χ0v) is 12.9. The predicted octanol–water partition coefficient (Wildman–Crippen LogP) is 2.24. The van der Waals surface area contributed by atoms with E-state index in [0.29, 0.717) is 15.9 Å². The quantitative estimate of drug-likeness (QED) is 0.682. The van der Waals surface area contributed by atoms with Crippen molar-refractivity contribution < 1.29 is 10.0 Å². The van der Waals surface area contributed by atoms with Gasteiger partial charge in [-0.05, 0) is 33.9 Å². The van der Waals surface area contributed by atoms with E-state index in [9.17, 15) is 15.2 Å². The van der Waals surface area contributed by atoms with E-state index in [2.05, 4.69) is 9.80 Å². The highest BCUT2D eigenvalue weighted by molar-refractivity contribution is 7.16. The van der Waals surface area contributed by atoms with Crippen LogP contribution in [0.2, 0.25) is 0 Å². The molecule has 0 radical (unpaired) electrons. The van der Waals surface area contributed by atoms with Crippen molar-refractivity contribution in [3.05, 3.63) is 21.1 Å². The fourth-order valence-corrected chi connectivity index (χ4v) is 3.61. The molecule has 1 N–H and O–H groups in total. The summed E-state index contributed by atoms with van der Waals surface area (Å²) >= 11 is 1.33. The Morgan fingerprint density at radius 1 is 1.60 bits per heavy atom. The second-order valence-corrected chi connectivity index (χ2v) is 6.54. The van der Waals surface area contributed by atoms with Crippen LogP contribution in [0.3, 0.4) is 0 Å². The van der Waals surface area contributed by atoms with E-state index < -0.39 is 6.10 Å². The van der Waals surface area contributed by atoms with Crippen molar-refractivity contribution in [1.29, 1.82) is 0 Å². The van der Waals surface area contributed by atoms with Crippen LogP contribution in [0.1, 0.15) is 30.7 Å². The number of aliphatic hydroxyl groups is 1. The molecule has 1 saturated heterocycles. The van der Waals surface area contributed by atoms with Crippen molar-refractivity contribution in [2.75, 3.05) is 32.1 Å². The monoisotopic (exact) mass is 299 g/mol. The summed E-state index contributed by atoms with van der Waals surface area (Å²) in [5.74, 6) is 0. The van der Waals surface area contributed by atoms with Gasteiger partial charge in [0.1, 0.15) is 0 Å².